The molecule has 3 unspecified atom stereocenters. The zero-order valence-corrected chi connectivity index (χ0v) is 25.5. The van der Waals surface area contributed by atoms with Gasteiger partial charge in [-0.1, -0.05) is 30.7 Å². The maximum atomic E-state index is 13.5. The number of Topliss-reactive ketones (excluding diaryl/α,β-unsaturated/α-hetero) is 1. The number of ketones is 1. The number of carbonyl (C=O) groups is 1. The Morgan fingerprint density at radius 2 is 1.88 bits per heavy atom. The van der Waals surface area contributed by atoms with E-state index in [2.05, 4.69) is 34.0 Å². The van der Waals surface area contributed by atoms with Crippen LogP contribution in [-0.2, 0) is 11.2 Å². The SMILES string of the molecule is COC1=CC(C)C(CC/C2=C/CCCC(C(=O)c3ccc(NSc4cccc5c4N=CCC5)cc3)CCC2)C(O)=C1O. The third-order valence-electron chi connectivity index (χ3n) is 8.78. The van der Waals surface area contributed by atoms with Crippen molar-refractivity contribution in [3.8, 4) is 0 Å². The Balaban J connectivity index is 1.12. The molecule has 2 aliphatic carbocycles. The first-order chi connectivity index (χ1) is 20.4. The minimum Gasteiger partial charge on any atom is -0.508 e. The number of aryl methyl sites for hydroxylation is 1. The van der Waals surface area contributed by atoms with Gasteiger partial charge in [0.15, 0.2) is 17.3 Å². The fourth-order valence-electron chi connectivity index (χ4n) is 6.30. The average molecular weight is 587 g/mol. The average Bonchev–Trinajstić information content (AvgIpc) is 3.14. The second-order valence-electron chi connectivity index (χ2n) is 11.6. The molecule has 222 valence electrons. The van der Waals surface area contributed by atoms with Crippen LogP contribution >= 0.6 is 11.9 Å². The van der Waals surface area contributed by atoms with Gasteiger partial charge in [0, 0.05) is 29.3 Å². The number of benzene rings is 2. The van der Waals surface area contributed by atoms with Crippen molar-refractivity contribution in [3.05, 3.63) is 88.6 Å². The minimum absolute atomic E-state index is 0.0316. The summed E-state index contributed by atoms with van der Waals surface area (Å²) in [6.07, 6.45) is 15.6. The normalized spacial score (nSPS) is 23.9. The van der Waals surface area contributed by atoms with Gasteiger partial charge in [0.05, 0.1) is 17.7 Å². The van der Waals surface area contributed by atoms with Gasteiger partial charge in [0.25, 0.3) is 0 Å². The molecule has 0 bridgehead atoms. The molecule has 7 heteroatoms. The first-order valence-electron chi connectivity index (χ1n) is 15.2. The number of ether oxygens (including phenoxy) is 1. The minimum atomic E-state index is -0.141. The summed E-state index contributed by atoms with van der Waals surface area (Å²) in [4.78, 5) is 19.2. The van der Waals surface area contributed by atoms with Crippen molar-refractivity contribution in [1.29, 1.82) is 0 Å². The van der Waals surface area contributed by atoms with Crippen molar-refractivity contribution >= 4 is 35.3 Å². The number of fused-ring (bicyclic) bond motifs is 1. The standard InChI is InChI=1S/C35H42N2O4S/c1-23-22-30(41-2)35(40)34(39)29(23)20-15-24-8-3-4-10-26(12-5-9-24)33(38)27-16-18-28(19-17-27)37-42-31-14-6-11-25-13-7-21-36-32(25)31/h6,8,11,14,16-19,21-23,26,29,37,39-40H,3-5,7,9-10,12-13,15,20H2,1-2H3/b24-8+. The molecule has 0 amide bonds. The van der Waals surface area contributed by atoms with Crippen LogP contribution in [0.3, 0.4) is 0 Å². The van der Waals surface area contributed by atoms with E-state index < -0.39 is 0 Å². The van der Waals surface area contributed by atoms with Crippen LogP contribution in [0.4, 0.5) is 11.4 Å². The predicted octanol–water partition coefficient (Wildman–Crippen LogP) is 9.44. The van der Waals surface area contributed by atoms with E-state index in [4.69, 9.17) is 4.74 Å². The number of aliphatic imine (C=N–C) groups is 1. The van der Waals surface area contributed by atoms with Gasteiger partial charge in [0.1, 0.15) is 5.76 Å². The lowest BCUT2D eigenvalue weighted by molar-refractivity contribution is 0.0903. The zero-order chi connectivity index (χ0) is 29.5. The number of aliphatic hydroxyl groups excluding tert-OH is 2. The largest absolute Gasteiger partial charge is 0.508 e. The van der Waals surface area contributed by atoms with Crippen LogP contribution in [0.2, 0.25) is 0 Å². The van der Waals surface area contributed by atoms with Gasteiger partial charge in [-0.2, -0.15) is 0 Å². The lowest BCUT2D eigenvalue weighted by Gasteiger charge is -2.27. The molecular formula is C35H42N2O4S. The van der Waals surface area contributed by atoms with Crippen molar-refractivity contribution in [2.75, 3.05) is 11.8 Å². The number of anilines is 1. The molecule has 3 aliphatic rings. The third kappa shape index (κ3) is 7.12. The molecular weight excluding hydrogens is 544 g/mol. The van der Waals surface area contributed by atoms with E-state index in [1.807, 2.05) is 43.5 Å². The number of nitrogens with zero attached hydrogens (tertiary/aromatic N) is 1. The molecule has 0 spiro atoms. The number of hydrogen-bond donors (Lipinski definition) is 3. The van der Waals surface area contributed by atoms with Crippen LogP contribution in [0.25, 0.3) is 0 Å². The van der Waals surface area contributed by atoms with E-state index in [9.17, 15) is 15.0 Å². The first kappa shape index (κ1) is 30.0. The second-order valence-corrected chi connectivity index (χ2v) is 12.5. The van der Waals surface area contributed by atoms with E-state index in [-0.39, 0.29) is 35.1 Å². The second kappa shape index (κ2) is 14.1. The summed E-state index contributed by atoms with van der Waals surface area (Å²) in [6.45, 7) is 2.05. The molecule has 3 N–H and O–H groups in total. The van der Waals surface area contributed by atoms with Gasteiger partial charge in [-0.05, 0) is 124 Å². The Morgan fingerprint density at radius 3 is 2.69 bits per heavy atom. The fourth-order valence-corrected chi connectivity index (χ4v) is 7.09. The number of allylic oxidation sites excluding steroid dienone is 4. The molecule has 1 aliphatic heterocycles. The van der Waals surface area contributed by atoms with Crippen molar-refractivity contribution in [3.63, 3.8) is 0 Å². The molecule has 6 nitrogen and oxygen atoms in total. The van der Waals surface area contributed by atoms with E-state index in [1.165, 1.54) is 18.2 Å². The molecule has 2 aromatic carbocycles. The molecule has 5 rings (SSSR count). The molecule has 0 radical (unpaired) electrons. The number of nitrogens with one attached hydrogen (secondary N) is 1. The summed E-state index contributed by atoms with van der Waals surface area (Å²) in [5.41, 5.74) is 5.48. The molecule has 0 saturated carbocycles. The van der Waals surface area contributed by atoms with Crippen molar-refractivity contribution in [1.82, 2.24) is 0 Å². The molecule has 2 aromatic rings. The number of aliphatic hydroxyl groups is 2. The predicted molar refractivity (Wildman–Crippen MR) is 172 cm³/mol. The van der Waals surface area contributed by atoms with Crippen LogP contribution in [0.5, 0.6) is 0 Å². The Hall–Kier alpha value is -3.45. The Kier molecular flexibility index (Phi) is 10.1. The maximum absolute atomic E-state index is 13.5. The van der Waals surface area contributed by atoms with E-state index >= 15 is 0 Å². The van der Waals surface area contributed by atoms with Crippen LogP contribution in [-0.4, -0.2) is 29.3 Å². The number of para-hydroxylation sites is 1. The van der Waals surface area contributed by atoms with Gasteiger partial charge >= 0.3 is 0 Å². The van der Waals surface area contributed by atoms with Gasteiger partial charge in [-0.15, -0.1) is 0 Å². The molecule has 0 saturated heterocycles. The van der Waals surface area contributed by atoms with Crippen LogP contribution in [0.15, 0.2) is 87.4 Å². The highest BCUT2D eigenvalue weighted by Crippen LogP contribution is 2.37. The lowest BCUT2D eigenvalue weighted by Crippen LogP contribution is -2.20. The Labute approximate surface area is 253 Å². The van der Waals surface area contributed by atoms with Crippen molar-refractivity contribution < 1.29 is 19.7 Å². The van der Waals surface area contributed by atoms with Gasteiger partial charge in [-0.3, -0.25) is 9.79 Å². The Bertz CT molecular complexity index is 1390. The summed E-state index contributed by atoms with van der Waals surface area (Å²) >= 11 is 1.56. The smallest absolute Gasteiger partial charge is 0.196 e. The molecule has 0 fully saturated rings. The van der Waals surface area contributed by atoms with Crippen LogP contribution in [0, 0.1) is 17.8 Å². The number of hydrogen-bond acceptors (Lipinski definition) is 7. The van der Waals surface area contributed by atoms with E-state index in [0.29, 0.717) is 5.76 Å². The van der Waals surface area contributed by atoms with Crippen molar-refractivity contribution in [2.24, 2.45) is 22.7 Å². The number of methoxy groups -OCH3 is 1. The summed E-state index contributed by atoms with van der Waals surface area (Å²) in [6, 6.07) is 14.2. The monoisotopic (exact) mass is 586 g/mol. The molecule has 0 aromatic heterocycles. The molecule has 3 atom stereocenters. The molecule has 1 heterocycles. The van der Waals surface area contributed by atoms with Gasteiger partial charge in [0.2, 0.25) is 0 Å². The highest BCUT2D eigenvalue weighted by atomic mass is 32.2. The highest BCUT2D eigenvalue weighted by molar-refractivity contribution is 8.00. The van der Waals surface area contributed by atoms with E-state index in [1.54, 1.807) is 11.9 Å². The summed E-state index contributed by atoms with van der Waals surface area (Å²) in [7, 11) is 1.50. The number of rotatable bonds is 9. The topological polar surface area (TPSA) is 91.2 Å². The third-order valence-corrected chi connectivity index (χ3v) is 9.66. The lowest BCUT2D eigenvalue weighted by atomic mass is 9.82. The van der Waals surface area contributed by atoms with Gasteiger partial charge < -0.3 is 19.7 Å². The zero-order valence-electron chi connectivity index (χ0n) is 24.6. The highest BCUT2D eigenvalue weighted by Gasteiger charge is 2.30. The number of carbonyl (C=O) groups excluding carboxylic acids is 1. The summed E-state index contributed by atoms with van der Waals surface area (Å²) in [5, 5.41) is 20.8. The summed E-state index contributed by atoms with van der Waals surface area (Å²) < 4.78 is 8.61. The first-order valence-corrected chi connectivity index (χ1v) is 16.0. The van der Waals surface area contributed by atoms with Gasteiger partial charge in [-0.25, -0.2) is 0 Å². The van der Waals surface area contributed by atoms with Crippen molar-refractivity contribution in [2.45, 2.75) is 76.0 Å². The Morgan fingerprint density at radius 1 is 1.07 bits per heavy atom. The summed E-state index contributed by atoms with van der Waals surface area (Å²) in [5.74, 6) is 0.494. The van der Waals surface area contributed by atoms with Crippen LogP contribution < -0.4 is 4.72 Å². The molecule has 42 heavy (non-hydrogen) atoms. The quantitative estimate of drug-likeness (QED) is 0.154. The van der Waals surface area contributed by atoms with Crippen LogP contribution in [0.1, 0.15) is 80.6 Å². The van der Waals surface area contributed by atoms with E-state index in [0.717, 1.165) is 86.0 Å². The fraction of sp³-hybridized carbons (Fsp3) is 0.429. The maximum Gasteiger partial charge on any atom is 0.196 e.